The van der Waals surface area contributed by atoms with E-state index in [1.165, 1.54) is 23.1 Å². The van der Waals surface area contributed by atoms with Crippen LogP contribution in [0.15, 0.2) is 36.4 Å². The summed E-state index contributed by atoms with van der Waals surface area (Å²) in [6.45, 7) is 6.86. The molecule has 1 aliphatic carbocycles. The van der Waals surface area contributed by atoms with Gasteiger partial charge in [0.25, 0.3) is 0 Å². The molecule has 1 aromatic rings. The Balaban J connectivity index is 1.98. The van der Waals surface area contributed by atoms with Gasteiger partial charge in [0.2, 0.25) is 0 Å². The quantitative estimate of drug-likeness (QED) is 0.692. The lowest BCUT2D eigenvalue weighted by Crippen LogP contribution is -2.31. The summed E-state index contributed by atoms with van der Waals surface area (Å²) in [5, 5.41) is 3.48. The number of fused-ring (bicyclic) bond motifs is 1. The third-order valence-corrected chi connectivity index (χ3v) is 2.50. The van der Waals surface area contributed by atoms with Crippen molar-refractivity contribution in [2.45, 2.75) is 19.4 Å². The summed E-state index contributed by atoms with van der Waals surface area (Å²) >= 11 is 0. The van der Waals surface area contributed by atoms with Crippen molar-refractivity contribution < 1.29 is 0 Å². The Morgan fingerprint density at radius 3 is 3.00 bits per heavy atom. The molecule has 0 spiro atoms. The van der Waals surface area contributed by atoms with Crippen molar-refractivity contribution in [3.05, 3.63) is 47.5 Å². The number of rotatable bonds is 3. The highest BCUT2D eigenvalue weighted by Gasteiger charge is 2.24. The van der Waals surface area contributed by atoms with Crippen LogP contribution >= 0.6 is 0 Å². The van der Waals surface area contributed by atoms with Crippen LogP contribution in [0, 0.1) is 0 Å². The van der Waals surface area contributed by atoms with Gasteiger partial charge >= 0.3 is 0 Å². The van der Waals surface area contributed by atoms with E-state index in [9.17, 15) is 0 Å². The van der Waals surface area contributed by atoms with E-state index in [1.807, 2.05) is 0 Å². The molecular weight excluding hydrogens is 158 g/mol. The highest BCUT2D eigenvalue weighted by molar-refractivity contribution is 5.39. The number of benzene rings is 1. The van der Waals surface area contributed by atoms with Crippen molar-refractivity contribution in [1.82, 2.24) is 5.32 Å². The lowest BCUT2D eigenvalue weighted by molar-refractivity contribution is 0.503. The standard InChI is InChI=1S/C12H15N/c1-9(2)8-13-12-7-10-5-3-4-6-11(10)12/h3-6,12-13H,1,7-8H2,2H3. The third kappa shape index (κ3) is 1.65. The molecule has 0 saturated carbocycles. The van der Waals surface area contributed by atoms with E-state index >= 15 is 0 Å². The predicted octanol–water partition coefficient (Wildman–Crippen LogP) is 2.45. The Morgan fingerprint density at radius 2 is 2.31 bits per heavy atom. The maximum absolute atomic E-state index is 3.88. The predicted molar refractivity (Wildman–Crippen MR) is 55.7 cm³/mol. The fraction of sp³-hybridized carbons (Fsp3) is 0.333. The molecule has 0 amide bonds. The zero-order valence-corrected chi connectivity index (χ0v) is 8.01. The molecule has 1 unspecified atom stereocenters. The molecule has 1 heteroatoms. The van der Waals surface area contributed by atoms with E-state index < -0.39 is 0 Å². The zero-order chi connectivity index (χ0) is 9.26. The van der Waals surface area contributed by atoms with Crippen LogP contribution in [-0.4, -0.2) is 6.54 Å². The van der Waals surface area contributed by atoms with Crippen LogP contribution in [0.5, 0.6) is 0 Å². The molecule has 1 atom stereocenters. The molecule has 1 N–H and O–H groups in total. The monoisotopic (exact) mass is 173 g/mol. The van der Waals surface area contributed by atoms with Gasteiger partial charge in [-0.2, -0.15) is 0 Å². The van der Waals surface area contributed by atoms with Crippen molar-refractivity contribution in [3.63, 3.8) is 0 Å². The Hall–Kier alpha value is -1.08. The Kier molecular flexibility index (Phi) is 2.19. The van der Waals surface area contributed by atoms with Gasteiger partial charge in [-0.3, -0.25) is 0 Å². The summed E-state index contributed by atoms with van der Waals surface area (Å²) in [6, 6.07) is 9.18. The van der Waals surface area contributed by atoms with Crippen molar-refractivity contribution in [2.24, 2.45) is 0 Å². The van der Waals surface area contributed by atoms with E-state index in [1.54, 1.807) is 0 Å². The van der Waals surface area contributed by atoms with E-state index in [2.05, 4.69) is 43.1 Å². The first-order valence-electron chi connectivity index (χ1n) is 4.73. The molecule has 0 bridgehead atoms. The van der Waals surface area contributed by atoms with Gasteiger partial charge in [-0.15, -0.1) is 0 Å². The van der Waals surface area contributed by atoms with Crippen molar-refractivity contribution in [2.75, 3.05) is 6.54 Å². The van der Waals surface area contributed by atoms with Gasteiger partial charge in [-0.05, 0) is 24.5 Å². The zero-order valence-electron chi connectivity index (χ0n) is 8.01. The maximum atomic E-state index is 3.88. The van der Waals surface area contributed by atoms with Gasteiger partial charge < -0.3 is 5.32 Å². The molecule has 0 fully saturated rings. The van der Waals surface area contributed by atoms with E-state index in [4.69, 9.17) is 0 Å². The first kappa shape index (κ1) is 8.52. The van der Waals surface area contributed by atoms with Crippen LogP contribution in [0.4, 0.5) is 0 Å². The topological polar surface area (TPSA) is 12.0 Å². The fourth-order valence-electron chi connectivity index (χ4n) is 1.74. The first-order valence-corrected chi connectivity index (χ1v) is 4.73. The normalized spacial score (nSPS) is 19.0. The van der Waals surface area contributed by atoms with Gasteiger partial charge in [0, 0.05) is 12.6 Å². The minimum Gasteiger partial charge on any atom is -0.306 e. The second kappa shape index (κ2) is 3.35. The van der Waals surface area contributed by atoms with Crippen molar-refractivity contribution >= 4 is 0 Å². The molecule has 2 rings (SSSR count). The summed E-state index contributed by atoms with van der Waals surface area (Å²) < 4.78 is 0. The van der Waals surface area contributed by atoms with Crippen LogP contribution in [0.2, 0.25) is 0 Å². The molecule has 0 saturated heterocycles. The summed E-state index contributed by atoms with van der Waals surface area (Å²) in [4.78, 5) is 0. The average molecular weight is 173 g/mol. The van der Waals surface area contributed by atoms with Gasteiger partial charge in [0.05, 0.1) is 0 Å². The Bertz CT molecular complexity index is 328. The largest absolute Gasteiger partial charge is 0.306 e. The smallest absolute Gasteiger partial charge is 0.0366 e. The Morgan fingerprint density at radius 1 is 1.54 bits per heavy atom. The summed E-state index contributed by atoms with van der Waals surface area (Å²) in [7, 11) is 0. The third-order valence-electron chi connectivity index (χ3n) is 2.50. The first-order chi connectivity index (χ1) is 6.27. The molecule has 0 aliphatic heterocycles. The van der Waals surface area contributed by atoms with E-state index in [0.29, 0.717) is 6.04 Å². The SMILES string of the molecule is C=C(C)CNC1Cc2ccccc21. The molecule has 1 nitrogen and oxygen atoms in total. The lowest BCUT2D eigenvalue weighted by Gasteiger charge is -2.31. The minimum atomic E-state index is 0.563. The number of hydrogen-bond donors (Lipinski definition) is 1. The maximum Gasteiger partial charge on any atom is 0.0366 e. The Labute approximate surface area is 79.5 Å². The number of hydrogen-bond acceptors (Lipinski definition) is 1. The minimum absolute atomic E-state index is 0.563. The highest BCUT2D eigenvalue weighted by atomic mass is 14.9. The molecule has 0 aromatic heterocycles. The molecule has 68 valence electrons. The van der Waals surface area contributed by atoms with Gasteiger partial charge in [0.1, 0.15) is 0 Å². The lowest BCUT2D eigenvalue weighted by atomic mass is 9.83. The van der Waals surface area contributed by atoms with Gasteiger partial charge in [-0.25, -0.2) is 0 Å². The van der Waals surface area contributed by atoms with Crippen LogP contribution in [0.1, 0.15) is 24.1 Å². The van der Waals surface area contributed by atoms with Gasteiger partial charge in [-0.1, -0.05) is 36.4 Å². The van der Waals surface area contributed by atoms with E-state index in [-0.39, 0.29) is 0 Å². The summed E-state index contributed by atoms with van der Waals surface area (Å²) in [5.41, 5.74) is 4.15. The molecular formula is C12H15N. The summed E-state index contributed by atoms with van der Waals surface area (Å²) in [5.74, 6) is 0. The van der Waals surface area contributed by atoms with Crippen LogP contribution < -0.4 is 5.32 Å². The average Bonchev–Trinajstić information content (AvgIpc) is 2.06. The molecule has 1 aromatic carbocycles. The van der Waals surface area contributed by atoms with Gasteiger partial charge in [0.15, 0.2) is 0 Å². The molecule has 13 heavy (non-hydrogen) atoms. The second-order valence-corrected chi connectivity index (χ2v) is 3.79. The van der Waals surface area contributed by atoms with Crippen LogP contribution in [0.3, 0.4) is 0 Å². The second-order valence-electron chi connectivity index (χ2n) is 3.79. The number of nitrogens with one attached hydrogen (secondary N) is 1. The van der Waals surface area contributed by atoms with Crippen molar-refractivity contribution in [1.29, 1.82) is 0 Å². The van der Waals surface area contributed by atoms with E-state index in [0.717, 1.165) is 6.54 Å². The summed E-state index contributed by atoms with van der Waals surface area (Å²) in [6.07, 6.45) is 1.17. The fourth-order valence-corrected chi connectivity index (χ4v) is 1.74. The van der Waals surface area contributed by atoms with Crippen LogP contribution in [0.25, 0.3) is 0 Å². The van der Waals surface area contributed by atoms with Crippen LogP contribution in [-0.2, 0) is 6.42 Å². The molecule has 0 radical (unpaired) electrons. The molecule has 0 heterocycles. The van der Waals surface area contributed by atoms with Crippen molar-refractivity contribution in [3.8, 4) is 0 Å². The highest BCUT2D eigenvalue weighted by Crippen LogP contribution is 2.32. The molecule has 1 aliphatic rings.